The van der Waals surface area contributed by atoms with Crippen molar-refractivity contribution in [1.29, 1.82) is 0 Å². The van der Waals surface area contributed by atoms with E-state index in [1.54, 1.807) is 24.3 Å². The van der Waals surface area contributed by atoms with Gasteiger partial charge in [0.05, 0.1) is 15.6 Å². The van der Waals surface area contributed by atoms with E-state index in [9.17, 15) is 13.2 Å². The summed E-state index contributed by atoms with van der Waals surface area (Å²) < 4.78 is 30.2. The molecule has 0 aromatic heterocycles. The fourth-order valence-electron chi connectivity index (χ4n) is 2.91. The fourth-order valence-corrected chi connectivity index (χ4v) is 4.98. The Kier molecular flexibility index (Phi) is 6.60. The molecule has 0 spiro atoms. The third kappa shape index (κ3) is 5.65. The second kappa shape index (κ2) is 9.43. The minimum Gasteiger partial charge on any atom is -0.377 e. The molecule has 1 N–H and O–H groups in total. The summed E-state index contributed by atoms with van der Waals surface area (Å²) in [5.74, 6) is -0.270. The highest BCUT2D eigenvalue weighted by Gasteiger charge is 2.24. The molecule has 6 nitrogen and oxygen atoms in total. The van der Waals surface area contributed by atoms with Crippen LogP contribution in [0.1, 0.15) is 16.7 Å². The number of amidine groups is 1. The van der Waals surface area contributed by atoms with Crippen molar-refractivity contribution in [3.05, 3.63) is 93.3 Å². The molecule has 4 rings (SSSR count). The van der Waals surface area contributed by atoms with E-state index < -0.39 is 10.1 Å². The molecule has 3 aromatic carbocycles. The lowest BCUT2D eigenvalue weighted by atomic mass is 10.2. The van der Waals surface area contributed by atoms with Crippen molar-refractivity contribution in [2.45, 2.75) is 18.7 Å². The predicted octanol–water partition coefficient (Wildman–Crippen LogP) is 5.62. The van der Waals surface area contributed by atoms with Gasteiger partial charge in [-0.1, -0.05) is 53.1 Å². The Morgan fingerprint density at radius 3 is 2.24 bits per heavy atom. The maximum absolute atomic E-state index is 12.5. The van der Waals surface area contributed by atoms with Crippen LogP contribution in [0, 0.1) is 13.8 Å². The zero-order chi connectivity index (χ0) is 23.6. The molecule has 0 unspecified atom stereocenters. The number of hydrogen-bond donors (Lipinski definition) is 1. The average Bonchev–Trinajstić information content (AvgIpc) is 3.10. The van der Waals surface area contributed by atoms with Gasteiger partial charge in [0.15, 0.2) is 10.9 Å². The summed E-state index contributed by atoms with van der Waals surface area (Å²) in [6.45, 7) is 3.85. The molecule has 1 aliphatic rings. The van der Waals surface area contributed by atoms with Gasteiger partial charge >= 0.3 is 10.1 Å². The number of aryl methyl sites for hydroxylation is 2. The van der Waals surface area contributed by atoms with E-state index >= 15 is 0 Å². The second-order valence-corrected chi connectivity index (χ2v) is 10.3. The van der Waals surface area contributed by atoms with Crippen molar-refractivity contribution in [3.63, 3.8) is 0 Å². The Labute approximate surface area is 201 Å². The van der Waals surface area contributed by atoms with Crippen molar-refractivity contribution in [2.24, 2.45) is 4.99 Å². The molecule has 1 heterocycles. The number of benzene rings is 3. The van der Waals surface area contributed by atoms with Gasteiger partial charge in [0.25, 0.3) is 5.91 Å². The number of amides is 1. The van der Waals surface area contributed by atoms with Gasteiger partial charge in [0.1, 0.15) is 4.90 Å². The van der Waals surface area contributed by atoms with E-state index in [0.29, 0.717) is 15.6 Å². The number of carbonyl (C=O) groups excluding carboxylic acids is 1. The molecule has 0 aliphatic carbocycles. The van der Waals surface area contributed by atoms with Crippen LogP contribution < -0.4 is 9.50 Å². The van der Waals surface area contributed by atoms with Crippen molar-refractivity contribution in [1.82, 2.24) is 5.32 Å². The van der Waals surface area contributed by atoms with Gasteiger partial charge in [-0.3, -0.25) is 4.79 Å². The lowest BCUT2D eigenvalue weighted by Gasteiger charge is -2.09. The molecule has 0 bridgehead atoms. The van der Waals surface area contributed by atoms with Crippen molar-refractivity contribution >= 4 is 56.3 Å². The monoisotopic (exact) mass is 498 g/mol. The van der Waals surface area contributed by atoms with Crippen LogP contribution in [0.25, 0.3) is 6.08 Å². The molecule has 3 aromatic rings. The summed E-state index contributed by atoms with van der Waals surface area (Å²) in [5.41, 5.74) is 3.42. The normalized spacial score (nSPS) is 16.3. The van der Waals surface area contributed by atoms with Gasteiger partial charge in [-0.15, -0.1) is 0 Å². The largest absolute Gasteiger partial charge is 0.377 e. The Morgan fingerprint density at radius 2 is 1.61 bits per heavy atom. The summed E-state index contributed by atoms with van der Waals surface area (Å²) in [7, 11) is -4.02. The van der Waals surface area contributed by atoms with Gasteiger partial charge < -0.3 is 9.50 Å². The number of aliphatic imine (C=N–C) groups is 1. The molecule has 0 radical (unpaired) electrons. The Morgan fingerprint density at radius 1 is 0.970 bits per heavy atom. The van der Waals surface area contributed by atoms with E-state index in [2.05, 4.69) is 10.3 Å². The highest BCUT2D eigenvalue weighted by atomic mass is 35.5. The molecule has 1 fully saturated rings. The van der Waals surface area contributed by atoms with Gasteiger partial charge in [0, 0.05) is 0 Å². The van der Waals surface area contributed by atoms with E-state index in [1.165, 1.54) is 36.0 Å². The first-order valence-electron chi connectivity index (χ1n) is 9.86. The van der Waals surface area contributed by atoms with Crippen LogP contribution in [0.5, 0.6) is 5.75 Å². The number of nitrogens with one attached hydrogen (secondary N) is 1. The number of carbonyl (C=O) groups is 1. The van der Waals surface area contributed by atoms with E-state index in [4.69, 9.17) is 15.8 Å². The summed E-state index contributed by atoms with van der Waals surface area (Å²) in [4.78, 5) is 17.3. The highest BCUT2D eigenvalue weighted by molar-refractivity contribution is 8.18. The maximum Gasteiger partial charge on any atom is 0.339 e. The van der Waals surface area contributed by atoms with E-state index in [1.807, 2.05) is 38.1 Å². The Hall–Kier alpha value is -3.07. The van der Waals surface area contributed by atoms with Gasteiger partial charge in [-0.2, -0.15) is 8.42 Å². The number of hydrogen-bond acceptors (Lipinski definition) is 6. The SMILES string of the molecule is Cc1ccc(N=C2NC(=O)/C(=C/c3ccc(OS(=O)(=O)c4ccc(C)cc4)c(Cl)c3)S2)cc1. The number of halogens is 1. The molecule has 9 heteroatoms. The summed E-state index contributed by atoms with van der Waals surface area (Å²) in [6, 6.07) is 18.6. The lowest BCUT2D eigenvalue weighted by Crippen LogP contribution is -2.19. The lowest BCUT2D eigenvalue weighted by molar-refractivity contribution is -0.115. The first-order chi connectivity index (χ1) is 15.7. The van der Waals surface area contributed by atoms with Crippen molar-refractivity contribution < 1.29 is 17.4 Å². The van der Waals surface area contributed by atoms with Crippen LogP contribution in [-0.4, -0.2) is 19.5 Å². The second-order valence-electron chi connectivity index (χ2n) is 7.36. The Balaban J connectivity index is 1.51. The van der Waals surface area contributed by atoms with Crippen LogP contribution >= 0.6 is 23.4 Å². The quantitative estimate of drug-likeness (QED) is 0.364. The van der Waals surface area contributed by atoms with Crippen LogP contribution in [0.4, 0.5) is 5.69 Å². The first kappa shape index (κ1) is 23.1. The standard InChI is InChI=1S/C24H19ClN2O4S2/c1-15-3-8-18(9-4-15)26-24-27-23(28)22(32-24)14-17-7-12-21(20(25)13-17)31-33(29,30)19-10-5-16(2)6-11-19/h3-14H,1-2H3,(H,26,27,28)/b22-14-. The Bertz CT molecular complexity index is 1380. The minimum absolute atomic E-state index is 0.00420. The third-order valence-corrected chi connectivity index (χ3v) is 7.13. The number of rotatable bonds is 5. The summed E-state index contributed by atoms with van der Waals surface area (Å²) >= 11 is 7.48. The maximum atomic E-state index is 12.5. The van der Waals surface area contributed by atoms with E-state index in [0.717, 1.165) is 16.8 Å². The van der Waals surface area contributed by atoms with Crippen LogP contribution in [0.2, 0.25) is 5.02 Å². The van der Waals surface area contributed by atoms with Gasteiger partial charge in [-0.25, -0.2) is 4.99 Å². The molecular weight excluding hydrogens is 480 g/mol. The summed E-state index contributed by atoms with van der Waals surface area (Å²) in [5, 5.41) is 3.32. The molecule has 1 saturated heterocycles. The zero-order valence-corrected chi connectivity index (χ0v) is 20.1. The van der Waals surface area contributed by atoms with Crippen LogP contribution in [-0.2, 0) is 14.9 Å². The number of nitrogens with zero attached hydrogens (tertiary/aromatic N) is 1. The van der Waals surface area contributed by atoms with Gasteiger partial charge in [-0.05, 0) is 73.6 Å². The van der Waals surface area contributed by atoms with Crippen molar-refractivity contribution in [3.8, 4) is 5.75 Å². The molecule has 33 heavy (non-hydrogen) atoms. The third-order valence-electron chi connectivity index (χ3n) is 4.68. The topological polar surface area (TPSA) is 84.8 Å². The number of thioether (sulfide) groups is 1. The fraction of sp³-hybridized carbons (Fsp3) is 0.0833. The van der Waals surface area contributed by atoms with Crippen LogP contribution in [0.3, 0.4) is 0 Å². The summed E-state index contributed by atoms with van der Waals surface area (Å²) in [6.07, 6.45) is 1.65. The minimum atomic E-state index is -4.02. The molecule has 0 saturated carbocycles. The average molecular weight is 499 g/mol. The zero-order valence-electron chi connectivity index (χ0n) is 17.7. The first-order valence-corrected chi connectivity index (χ1v) is 12.5. The molecule has 0 atom stereocenters. The molecule has 1 amide bonds. The predicted molar refractivity (Wildman–Crippen MR) is 132 cm³/mol. The smallest absolute Gasteiger partial charge is 0.339 e. The van der Waals surface area contributed by atoms with Crippen LogP contribution in [0.15, 0.2) is 81.5 Å². The van der Waals surface area contributed by atoms with Crippen molar-refractivity contribution in [2.75, 3.05) is 0 Å². The molecular formula is C24H19ClN2O4S2. The molecule has 1 aliphatic heterocycles. The van der Waals surface area contributed by atoms with E-state index in [-0.39, 0.29) is 21.6 Å². The highest BCUT2D eigenvalue weighted by Crippen LogP contribution is 2.32. The van der Waals surface area contributed by atoms with Gasteiger partial charge in [0.2, 0.25) is 0 Å². The molecule has 168 valence electrons.